The molecule has 0 saturated carbocycles. The predicted octanol–water partition coefficient (Wildman–Crippen LogP) is -1.18. The summed E-state index contributed by atoms with van der Waals surface area (Å²) < 4.78 is 34.8. The lowest BCUT2D eigenvalue weighted by atomic mass is 10.1. The van der Waals surface area contributed by atoms with Crippen molar-refractivity contribution in [2.24, 2.45) is 0 Å². The van der Waals surface area contributed by atoms with Crippen LogP contribution in [0.4, 0.5) is 0 Å². The lowest BCUT2D eigenvalue weighted by Crippen LogP contribution is -2.56. The number of sulfone groups is 1. The van der Waals surface area contributed by atoms with Gasteiger partial charge in [0, 0.05) is 38.3 Å². The minimum Gasteiger partial charge on any atom is -0.379 e. The first kappa shape index (κ1) is 13.8. The van der Waals surface area contributed by atoms with E-state index in [4.69, 9.17) is 9.47 Å². The fourth-order valence-corrected chi connectivity index (χ4v) is 5.37. The van der Waals surface area contributed by atoms with Crippen molar-refractivity contribution in [3.63, 3.8) is 0 Å². The van der Waals surface area contributed by atoms with Crippen LogP contribution in [0, 0.1) is 0 Å². The molecule has 3 aliphatic heterocycles. The number of hydrogen-bond acceptors (Lipinski definition) is 6. The summed E-state index contributed by atoms with van der Waals surface area (Å²) >= 11 is 0. The second-order valence-electron chi connectivity index (χ2n) is 5.51. The molecule has 110 valence electrons. The molecule has 0 unspecified atom stereocenters. The van der Waals surface area contributed by atoms with Gasteiger partial charge in [-0.3, -0.25) is 9.80 Å². The third-order valence-electron chi connectivity index (χ3n) is 4.32. The summed E-state index contributed by atoms with van der Waals surface area (Å²) in [4.78, 5) is 4.60. The lowest BCUT2D eigenvalue weighted by molar-refractivity contribution is -0.0221. The molecule has 3 saturated heterocycles. The van der Waals surface area contributed by atoms with Crippen molar-refractivity contribution in [2.45, 2.75) is 12.1 Å². The molecule has 2 atom stereocenters. The Morgan fingerprint density at radius 3 is 1.47 bits per heavy atom. The average molecular weight is 290 g/mol. The van der Waals surface area contributed by atoms with E-state index in [-0.39, 0.29) is 12.1 Å². The number of nitrogens with zero attached hydrogens (tertiary/aromatic N) is 2. The van der Waals surface area contributed by atoms with Crippen molar-refractivity contribution in [2.75, 3.05) is 64.1 Å². The van der Waals surface area contributed by atoms with Gasteiger partial charge in [0.25, 0.3) is 0 Å². The van der Waals surface area contributed by atoms with E-state index in [1.54, 1.807) is 0 Å². The van der Waals surface area contributed by atoms with Gasteiger partial charge in [-0.25, -0.2) is 8.42 Å². The first-order valence-electron chi connectivity index (χ1n) is 7.00. The molecule has 0 radical (unpaired) electrons. The van der Waals surface area contributed by atoms with Crippen molar-refractivity contribution in [1.82, 2.24) is 9.80 Å². The van der Waals surface area contributed by atoms with Crippen LogP contribution < -0.4 is 0 Å². The summed E-state index contributed by atoms with van der Waals surface area (Å²) in [6.07, 6.45) is 0. The summed E-state index contributed by atoms with van der Waals surface area (Å²) in [5, 5.41) is 0. The molecule has 0 aromatic heterocycles. The molecule has 0 N–H and O–H groups in total. The van der Waals surface area contributed by atoms with Crippen LogP contribution in [0.5, 0.6) is 0 Å². The summed E-state index contributed by atoms with van der Waals surface area (Å²) in [6.45, 7) is 6.25. The van der Waals surface area contributed by atoms with Gasteiger partial charge < -0.3 is 9.47 Å². The van der Waals surface area contributed by atoms with Gasteiger partial charge >= 0.3 is 0 Å². The van der Waals surface area contributed by atoms with E-state index in [1.165, 1.54) is 0 Å². The van der Waals surface area contributed by atoms with Gasteiger partial charge in [-0.05, 0) is 0 Å². The number of ether oxygens (including phenoxy) is 2. The molecule has 3 heterocycles. The lowest BCUT2D eigenvalue weighted by Gasteiger charge is -2.40. The van der Waals surface area contributed by atoms with Gasteiger partial charge in [-0.1, -0.05) is 0 Å². The zero-order chi connectivity index (χ0) is 13.3. The van der Waals surface area contributed by atoms with Crippen LogP contribution in [0.15, 0.2) is 0 Å². The first-order valence-corrected chi connectivity index (χ1v) is 8.82. The highest BCUT2D eigenvalue weighted by atomic mass is 32.2. The number of hydrogen-bond donors (Lipinski definition) is 0. The van der Waals surface area contributed by atoms with Crippen LogP contribution >= 0.6 is 0 Å². The highest BCUT2D eigenvalue weighted by Crippen LogP contribution is 2.24. The molecule has 0 aromatic carbocycles. The van der Waals surface area contributed by atoms with E-state index in [1.807, 2.05) is 0 Å². The van der Waals surface area contributed by atoms with Crippen molar-refractivity contribution < 1.29 is 17.9 Å². The Hall–Kier alpha value is -0.210. The van der Waals surface area contributed by atoms with Crippen LogP contribution in [0.1, 0.15) is 0 Å². The van der Waals surface area contributed by atoms with Crippen LogP contribution in [-0.4, -0.2) is 94.4 Å². The Bertz CT molecular complexity index is 370. The van der Waals surface area contributed by atoms with Crippen molar-refractivity contribution in [3.8, 4) is 0 Å². The van der Waals surface area contributed by atoms with Gasteiger partial charge in [0.1, 0.15) is 0 Å². The van der Waals surface area contributed by atoms with E-state index >= 15 is 0 Å². The average Bonchev–Trinajstić information content (AvgIpc) is 2.77. The van der Waals surface area contributed by atoms with E-state index in [0.29, 0.717) is 37.9 Å². The number of morpholine rings is 2. The highest BCUT2D eigenvalue weighted by Gasteiger charge is 2.44. The largest absolute Gasteiger partial charge is 0.379 e. The molecule has 0 aliphatic carbocycles. The van der Waals surface area contributed by atoms with Gasteiger partial charge in [-0.15, -0.1) is 0 Å². The normalized spacial score (nSPS) is 37.5. The molecule has 0 aromatic rings. The molecule has 0 spiro atoms. The van der Waals surface area contributed by atoms with Gasteiger partial charge in [-0.2, -0.15) is 0 Å². The summed E-state index contributed by atoms with van der Waals surface area (Å²) in [7, 11) is -2.91. The van der Waals surface area contributed by atoms with Crippen LogP contribution in [0.2, 0.25) is 0 Å². The van der Waals surface area contributed by atoms with Crippen molar-refractivity contribution in [3.05, 3.63) is 0 Å². The second-order valence-corrected chi connectivity index (χ2v) is 7.66. The molecule has 3 rings (SSSR count). The van der Waals surface area contributed by atoms with E-state index in [0.717, 1.165) is 26.2 Å². The van der Waals surface area contributed by atoms with E-state index in [2.05, 4.69) is 9.80 Å². The summed E-state index contributed by atoms with van der Waals surface area (Å²) in [5.74, 6) is 0.601. The molecule has 6 nitrogen and oxygen atoms in total. The Kier molecular flexibility index (Phi) is 4.09. The third-order valence-corrected chi connectivity index (χ3v) is 6.02. The molecular weight excluding hydrogens is 268 g/mol. The minimum absolute atomic E-state index is 0.131. The first-order chi connectivity index (χ1) is 9.16. The van der Waals surface area contributed by atoms with Gasteiger partial charge in [0.15, 0.2) is 9.84 Å². The molecular formula is C12H22N2O4S. The Labute approximate surface area is 114 Å². The topological polar surface area (TPSA) is 59.1 Å². The fraction of sp³-hybridized carbons (Fsp3) is 1.00. The smallest absolute Gasteiger partial charge is 0.153 e. The van der Waals surface area contributed by atoms with Crippen molar-refractivity contribution >= 4 is 9.84 Å². The van der Waals surface area contributed by atoms with E-state index in [9.17, 15) is 8.42 Å². The minimum atomic E-state index is -2.91. The quantitative estimate of drug-likeness (QED) is 0.638. The maximum absolute atomic E-state index is 12.0. The van der Waals surface area contributed by atoms with Crippen LogP contribution in [0.3, 0.4) is 0 Å². The fourth-order valence-electron chi connectivity index (χ4n) is 3.33. The Morgan fingerprint density at radius 1 is 0.737 bits per heavy atom. The maximum Gasteiger partial charge on any atom is 0.153 e. The third kappa shape index (κ3) is 3.11. The molecule has 3 fully saturated rings. The monoisotopic (exact) mass is 290 g/mol. The maximum atomic E-state index is 12.0. The molecule has 0 bridgehead atoms. The standard InChI is InChI=1S/C12H22N2O4S/c15-19(16)9-11(13-1-5-17-6-2-13)12(10-19)14-3-7-18-8-4-14/h11-12H,1-10H2/t11-,12-/m0/s1. The van der Waals surface area contributed by atoms with Crippen LogP contribution in [0.25, 0.3) is 0 Å². The highest BCUT2D eigenvalue weighted by molar-refractivity contribution is 7.91. The molecule has 0 amide bonds. The molecule has 19 heavy (non-hydrogen) atoms. The Balaban J connectivity index is 1.74. The molecule has 7 heteroatoms. The SMILES string of the molecule is O=S1(=O)C[C@H](N2CCOCC2)[C@@H](N2CCOCC2)C1. The van der Waals surface area contributed by atoms with Gasteiger partial charge in [0.05, 0.1) is 37.9 Å². The van der Waals surface area contributed by atoms with Crippen LogP contribution in [-0.2, 0) is 19.3 Å². The van der Waals surface area contributed by atoms with E-state index < -0.39 is 9.84 Å². The summed E-state index contributed by atoms with van der Waals surface area (Å²) in [5.41, 5.74) is 0. The zero-order valence-corrected chi connectivity index (χ0v) is 12.0. The Morgan fingerprint density at radius 2 is 1.11 bits per heavy atom. The summed E-state index contributed by atoms with van der Waals surface area (Å²) in [6, 6.07) is 0.263. The van der Waals surface area contributed by atoms with Crippen molar-refractivity contribution in [1.29, 1.82) is 0 Å². The molecule has 3 aliphatic rings. The zero-order valence-electron chi connectivity index (χ0n) is 11.2. The predicted molar refractivity (Wildman–Crippen MR) is 71.0 cm³/mol. The van der Waals surface area contributed by atoms with Gasteiger partial charge in [0.2, 0.25) is 0 Å². The number of rotatable bonds is 2. The second kappa shape index (κ2) is 5.65.